The highest BCUT2D eigenvalue weighted by atomic mass is 16.5. The molecule has 1 N–H and O–H groups in total. The monoisotopic (exact) mass is 279 g/mol. The van der Waals surface area contributed by atoms with Crippen LogP contribution in [0.3, 0.4) is 0 Å². The summed E-state index contributed by atoms with van der Waals surface area (Å²) in [6.07, 6.45) is 1.65. The van der Waals surface area contributed by atoms with E-state index in [0.29, 0.717) is 18.7 Å². The molecule has 1 heterocycles. The minimum Gasteiger partial charge on any atom is -0.385 e. The number of carbonyl (C=O) groups excluding carboxylic acids is 1. The van der Waals surface area contributed by atoms with Gasteiger partial charge in [-0.2, -0.15) is 0 Å². The summed E-state index contributed by atoms with van der Waals surface area (Å²) in [5.41, 5.74) is 1.62. The average Bonchev–Trinajstić information content (AvgIpc) is 2.46. The van der Waals surface area contributed by atoms with Crippen LogP contribution >= 0.6 is 0 Å². The second-order valence-corrected chi connectivity index (χ2v) is 4.69. The van der Waals surface area contributed by atoms with Crippen LogP contribution in [0.25, 0.3) is 0 Å². The zero-order valence-electron chi connectivity index (χ0n) is 12.9. The molecule has 1 aromatic heterocycles. The van der Waals surface area contributed by atoms with Gasteiger partial charge in [-0.1, -0.05) is 6.92 Å². The van der Waals surface area contributed by atoms with Gasteiger partial charge in [0.05, 0.1) is 0 Å². The first kappa shape index (κ1) is 16.4. The Morgan fingerprint density at radius 3 is 2.75 bits per heavy atom. The molecule has 1 amide bonds. The summed E-state index contributed by atoms with van der Waals surface area (Å²) < 4.78 is 5.01. The zero-order valence-corrected chi connectivity index (χ0v) is 12.9. The lowest BCUT2D eigenvalue weighted by atomic mass is 10.1. The van der Waals surface area contributed by atoms with E-state index in [0.717, 1.165) is 30.9 Å². The van der Waals surface area contributed by atoms with Crippen LogP contribution in [0.4, 0.5) is 5.82 Å². The highest BCUT2D eigenvalue weighted by molar-refractivity contribution is 5.94. The van der Waals surface area contributed by atoms with E-state index >= 15 is 0 Å². The minimum absolute atomic E-state index is 0.0253. The van der Waals surface area contributed by atoms with Crippen molar-refractivity contribution in [1.29, 1.82) is 0 Å². The van der Waals surface area contributed by atoms with E-state index in [9.17, 15) is 4.79 Å². The second kappa shape index (κ2) is 8.53. The number of aryl methyl sites for hydroxylation is 1. The van der Waals surface area contributed by atoms with E-state index in [2.05, 4.69) is 10.3 Å². The lowest BCUT2D eigenvalue weighted by molar-refractivity contribution is 0.0779. The number of pyridine rings is 1. The Labute approximate surface area is 121 Å². The van der Waals surface area contributed by atoms with Crippen molar-refractivity contribution < 1.29 is 9.53 Å². The van der Waals surface area contributed by atoms with Crippen LogP contribution in [0.2, 0.25) is 0 Å². The normalized spacial score (nSPS) is 10.4. The SMILES string of the molecule is CCNc1cc(C(=O)N(C)CCCOC)cc(CC)n1. The zero-order chi connectivity index (χ0) is 15.0. The van der Waals surface area contributed by atoms with Gasteiger partial charge in [-0.05, 0) is 31.9 Å². The Kier molecular flexibility index (Phi) is 7.01. The fourth-order valence-electron chi connectivity index (χ4n) is 1.93. The maximum Gasteiger partial charge on any atom is 0.253 e. The molecule has 5 heteroatoms. The van der Waals surface area contributed by atoms with Gasteiger partial charge in [0.1, 0.15) is 5.82 Å². The fraction of sp³-hybridized carbons (Fsp3) is 0.600. The van der Waals surface area contributed by atoms with Crippen LogP contribution in [-0.4, -0.2) is 49.6 Å². The lowest BCUT2D eigenvalue weighted by Gasteiger charge is -2.18. The number of amides is 1. The number of aromatic nitrogens is 1. The molecule has 0 aliphatic heterocycles. The van der Waals surface area contributed by atoms with Crippen LogP contribution in [0, 0.1) is 0 Å². The summed E-state index contributed by atoms with van der Waals surface area (Å²) in [4.78, 5) is 18.6. The van der Waals surface area contributed by atoms with Gasteiger partial charge in [-0.15, -0.1) is 0 Å². The van der Waals surface area contributed by atoms with Crippen molar-refractivity contribution in [2.45, 2.75) is 26.7 Å². The highest BCUT2D eigenvalue weighted by Gasteiger charge is 2.13. The van der Waals surface area contributed by atoms with Gasteiger partial charge in [0, 0.05) is 45.1 Å². The summed E-state index contributed by atoms with van der Waals surface area (Å²) in [6.45, 7) is 6.19. The van der Waals surface area contributed by atoms with Gasteiger partial charge >= 0.3 is 0 Å². The van der Waals surface area contributed by atoms with Crippen molar-refractivity contribution in [3.05, 3.63) is 23.4 Å². The van der Waals surface area contributed by atoms with E-state index in [4.69, 9.17) is 4.74 Å². The Bertz CT molecular complexity index is 435. The summed E-state index contributed by atoms with van der Waals surface area (Å²) in [6, 6.07) is 3.69. The van der Waals surface area contributed by atoms with Gasteiger partial charge in [0.25, 0.3) is 5.91 Å². The maximum absolute atomic E-state index is 12.4. The van der Waals surface area contributed by atoms with Gasteiger partial charge in [0.2, 0.25) is 0 Å². The lowest BCUT2D eigenvalue weighted by Crippen LogP contribution is -2.28. The molecule has 0 aromatic carbocycles. The van der Waals surface area contributed by atoms with Crippen LogP contribution in [-0.2, 0) is 11.2 Å². The first-order valence-electron chi connectivity index (χ1n) is 7.11. The predicted molar refractivity (Wildman–Crippen MR) is 81.2 cm³/mol. The maximum atomic E-state index is 12.4. The number of hydrogen-bond acceptors (Lipinski definition) is 4. The largest absolute Gasteiger partial charge is 0.385 e. The Balaban J connectivity index is 2.82. The third kappa shape index (κ3) is 4.81. The molecule has 0 bridgehead atoms. The summed E-state index contributed by atoms with van der Waals surface area (Å²) in [7, 11) is 3.48. The van der Waals surface area contributed by atoms with Gasteiger partial charge in [-0.3, -0.25) is 4.79 Å². The van der Waals surface area contributed by atoms with E-state index < -0.39 is 0 Å². The molecule has 0 radical (unpaired) electrons. The van der Waals surface area contributed by atoms with E-state index in [1.165, 1.54) is 0 Å². The van der Waals surface area contributed by atoms with Gasteiger partial charge in [-0.25, -0.2) is 4.98 Å². The number of nitrogens with one attached hydrogen (secondary N) is 1. The number of ether oxygens (including phenoxy) is 1. The van der Waals surface area contributed by atoms with E-state index in [1.54, 1.807) is 12.0 Å². The molecule has 0 spiro atoms. The smallest absolute Gasteiger partial charge is 0.253 e. The number of anilines is 1. The minimum atomic E-state index is 0.0253. The molecule has 1 aromatic rings. The molecular formula is C15H25N3O2. The number of methoxy groups -OCH3 is 1. The Hall–Kier alpha value is -1.62. The molecule has 0 aliphatic carbocycles. The number of nitrogens with zero attached hydrogens (tertiary/aromatic N) is 2. The number of hydrogen-bond donors (Lipinski definition) is 1. The van der Waals surface area contributed by atoms with Crippen molar-refractivity contribution in [2.24, 2.45) is 0 Å². The van der Waals surface area contributed by atoms with E-state index in [-0.39, 0.29) is 5.91 Å². The van der Waals surface area contributed by atoms with Crippen LogP contribution in [0.1, 0.15) is 36.3 Å². The third-order valence-corrected chi connectivity index (χ3v) is 3.03. The molecule has 1 rings (SSSR count). The first-order valence-corrected chi connectivity index (χ1v) is 7.11. The highest BCUT2D eigenvalue weighted by Crippen LogP contribution is 2.13. The van der Waals surface area contributed by atoms with Gasteiger partial charge < -0.3 is 15.0 Å². The molecule has 20 heavy (non-hydrogen) atoms. The molecule has 0 unspecified atom stereocenters. The molecule has 0 saturated carbocycles. The van der Waals surface area contributed by atoms with E-state index in [1.807, 2.05) is 33.0 Å². The van der Waals surface area contributed by atoms with Crippen molar-refractivity contribution >= 4 is 11.7 Å². The van der Waals surface area contributed by atoms with Crippen molar-refractivity contribution in [3.63, 3.8) is 0 Å². The standard InChI is InChI=1S/C15H25N3O2/c1-5-13-10-12(11-14(17-13)16-6-2)15(19)18(3)8-7-9-20-4/h10-11H,5-9H2,1-4H3,(H,16,17). The van der Waals surface area contributed by atoms with Crippen LogP contribution < -0.4 is 5.32 Å². The Morgan fingerprint density at radius 1 is 1.40 bits per heavy atom. The summed E-state index contributed by atoms with van der Waals surface area (Å²) >= 11 is 0. The molecule has 5 nitrogen and oxygen atoms in total. The topological polar surface area (TPSA) is 54.5 Å². The number of carbonyl (C=O) groups is 1. The summed E-state index contributed by atoms with van der Waals surface area (Å²) in [5, 5.41) is 3.17. The quantitative estimate of drug-likeness (QED) is 0.741. The molecule has 0 saturated heterocycles. The second-order valence-electron chi connectivity index (χ2n) is 4.69. The van der Waals surface area contributed by atoms with Crippen molar-refractivity contribution in [1.82, 2.24) is 9.88 Å². The molecular weight excluding hydrogens is 254 g/mol. The molecule has 0 fully saturated rings. The van der Waals surface area contributed by atoms with Crippen LogP contribution in [0.15, 0.2) is 12.1 Å². The summed E-state index contributed by atoms with van der Waals surface area (Å²) in [5.74, 6) is 0.790. The first-order chi connectivity index (χ1) is 9.62. The number of rotatable bonds is 8. The van der Waals surface area contributed by atoms with Gasteiger partial charge in [0.15, 0.2) is 0 Å². The molecule has 0 aliphatic rings. The van der Waals surface area contributed by atoms with Crippen LogP contribution in [0.5, 0.6) is 0 Å². The average molecular weight is 279 g/mol. The molecule has 112 valence electrons. The molecule has 0 atom stereocenters. The third-order valence-electron chi connectivity index (χ3n) is 3.03. The predicted octanol–water partition coefficient (Wildman–Crippen LogP) is 2.18. The fourth-order valence-corrected chi connectivity index (χ4v) is 1.93. The van der Waals surface area contributed by atoms with Crippen molar-refractivity contribution in [3.8, 4) is 0 Å². The van der Waals surface area contributed by atoms with Crippen molar-refractivity contribution in [2.75, 3.05) is 39.2 Å². The Morgan fingerprint density at radius 2 is 2.15 bits per heavy atom.